The maximum atomic E-state index is 12.3. The Bertz CT molecular complexity index is 1020. The van der Waals surface area contributed by atoms with E-state index in [1.807, 2.05) is 18.2 Å². The van der Waals surface area contributed by atoms with E-state index in [0.717, 1.165) is 35.2 Å². The molecule has 4 rings (SSSR count). The maximum Gasteiger partial charge on any atom is 0.258 e. The molecule has 2 N–H and O–H groups in total. The molecule has 1 atom stereocenters. The number of nitrogens with one attached hydrogen (secondary N) is 2. The van der Waals surface area contributed by atoms with Gasteiger partial charge in [-0.25, -0.2) is 0 Å². The van der Waals surface area contributed by atoms with Crippen molar-refractivity contribution >= 4 is 40.0 Å². The van der Waals surface area contributed by atoms with Crippen LogP contribution in [0, 0.1) is 0 Å². The second kappa shape index (κ2) is 7.33. The molecular formula is C20H18Cl2N2O3. The fourth-order valence-electron chi connectivity index (χ4n) is 3.49. The Hall–Kier alpha value is -2.37. The van der Waals surface area contributed by atoms with E-state index in [2.05, 4.69) is 10.3 Å². The molecule has 1 unspecified atom stereocenters. The predicted octanol–water partition coefficient (Wildman–Crippen LogP) is 4.15. The van der Waals surface area contributed by atoms with Crippen molar-refractivity contribution in [3.63, 3.8) is 0 Å². The van der Waals surface area contributed by atoms with E-state index in [9.17, 15) is 4.79 Å². The van der Waals surface area contributed by atoms with Gasteiger partial charge in [0.1, 0.15) is 11.5 Å². The Kier molecular flexibility index (Phi) is 4.89. The van der Waals surface area contributed by atoms with E-state index in [1.54, 1.807) is 25.3 Å². The minimum absolute atomic E-state index is 0.0404. The lowest BCUT2D eigenvalue weighted by molar-refractivity contribution is -0.123. The first-order chi connectivity index (χ1) is 13.0. The normalized spacial score (nSPS) is 15.6. The first-order valence-electron chi connectivity index (χ1n) is 8.58. The van der Waals surface area contributed by atoms with Gasteiger partial charge in [0.15, 0.2) is 6.61 Å². The third-order valence-corrected chi connectivity index (χ3v) is 5.25. The number of carbonyl (C=O) groups is 1. The van der Waals surface area contributed by atoms with Gasteiger partial charge in [0.25, 0.3) is 5.91 Å². The minimum atomic E-state index is -0.182. The molecule has 0 saturated carbocycles. The monoisotopic (exact) mass is 404 g/mol. The zero-order chi connectivity index (χ0) is 19.0. The summed E-state index contributed by atoms with van der Waals surface area (Å²) in [5, 5.41) is 5.07. The Morgan fingerprint density at radius 3 is 2.85 bits per heavy atom. The zero-order valence-electron chi connectivity index (χ0n) is 14.6. The molecule has 140 valence electrons. The van der Waals surface area contributed by atoms with Crippen LogP contribution in [-0.4, -0.2) is 30.6 Å². The van der Waals surface area contributed by atoms with Crippen LogP contribution in [-0.2, 0) is 17.6 Å². The zero-order valence-corrected chi connectivity index (χ0v) is 16.2. The first-order valence-corrected chi connectivity index (χ1v) is 9.34. The van der Waals surface area contributed by atoms with Gasteiger partial charge < -0.3 is 19.8 Å². The van der Waals surface area contributed by atoms with Gasteiger partial charge in [-0.05, 0) is 48.4 Å². The average molecular weight is 405 g/mol. The van der Waals surface area contributed by atoms with Crippen LogP contribution in [0.4, 0.5) is 0 Å². The summed E-state index contributed by atoms with van der Waals surface area (Å²) in [6, 6.07) is 10.9. The molecule has 2 aromatic carbocycles. The number of fused-ring (bicyclic) bond motifs is 3. The molecule has 5 nitrogen and oxygen atoms in total. The van der Waals surface area contributed by atoms with Crippen LogP contribution in [0.3, 0.4) is 0 Å². The predicted molar refractivity (Wildman–Crippen MR) is 106 cm³/mol. The van der Waals surface area contributed by atoms with E-state index < -0.39 is 0 Å². The SMILES string of the molecule is COc1ccc2[nH]c3c(c2c1)CC(NC(=O)COc1ccc(Cl)cc1Cl)C3. The molecule has 0 fully saturated rings. The number of H-pyrrole nitrogens is 1. The largest absolute Gasteiger partial charge is 0.497 e. The van der Waals surface area contributed by atoms with Crippen molar-refractivity contribution in [1.82, 2.24) is 10.3 Å². The van der Waals surface area contributed by atoms with Crippen LogP contribution in [0.1, 0.15) is 11.3 Å². The lowest BCUT2D eigenvalue weighted by Gasteiger charge is -2.14. The lowest BCUT2D eigenvalue weighted by Crippen LogP contribution is -2.38. The van der Waals surface area contributed by atoms with Crippen molar-refractivity contribution in [3.05, 3.63) is 57.7 Å². The van der Waals surface area contributed by atoms with Crippen molar-refractivity contribution in [2.45, 2.75) is 18.9 Å². The van der Waals surface area contributed by atoms with Gasteiger partial charge in [0.2, 0.25) is 0 Å². The van der Waals surface area contributed by atoms with Gasteiger partial charge in [-0.15, -0.1) is 0 Å². The van der Waals surface area contributed by atoms with Crippen molar-refractivity contribution in [3.8, 4) is 11.5 Å². The van der Waals surface area contributed by atoms with E-state index >= 15 is 0 Å². The number of hydrogen-bond acceptors (Lipinski definition) is 3. The molecule has 1 aliphatic rings. The summed E-state index contributed by atoms with van der Waals surface area (Å²) in [7, 11) is 1.66. The number of amides is 1. The van der Waals surface area contributed by atoms with E-state index in [4.69, 9.17) is 32.7 Å². The Balaban J connectivity index is 1.38. The molecule has 0 spiro atoms. The number of carbonyl (C=O) groups excluding carboxylic acids is 1. The molecule has 0 radical (unpaired) electrons. The third-order valence-electron chi connectivity index (χ3n) is 4.72. The van der Waals surface area contributed by atoms with E-state index in [0.29, 0.717) is 15.8 Å². The molecule has 0 bridgehead atoms. The average Bonchev–Trinajstić information content (AvgIpc) is 3.17. The standard InChI is InChI=1S/C20H18Cl2N2O3/c1-26-13-3-4-17-15(9-13)14-7-12(8-18(14)24-17)23-20(25)10-27-19-5-2-11(21)6-16(19)22/h2-6,9,12,24H,7-8,10H2,1H3,(H,23,25). The van der Waals surface area contributed by atoms with Crippen LogP contribution in [0.25, 0.3) is 10.9 Å². The number of rotatable bonds is 5. The van der Waals surface area contributed by atoms with Crippen molar-refractivity contribution in [2.75, 3.05) is 13.7 Å². The highest BCUT2D eigenvalue weighted by Crippen LogP contribution is 2.32. The number of halogens is 2. The maximum absolute atomic E-state index is 12.3. The summed E-state index contributed by atoms with van der Waals surface area (Å²) in [4.78, 5) is 15.7. The summed E-state index contributed by atoms with van der Waals surface area (Å²) >= 11 is 11.9. The molecule has 27 heavy (non-hydrogen) atoms. The van der Waals surface area contributed by atoms with Crippen LogP contribution in [0.15, 0.2) is 36.4 Å². The van der Waals surface area contributed by atoms with E-state index in [-0.39, 0.29) is 18.6 Å². The molecule has 1 amide bonds. The molecule has 3 aromatic rings. The number of benzene rings is 2. The molecule has 0 saturated heterocycles. The summed E-state index contributed by atoms with van der Waals surface area (Å²) in [5.41, 5.74) is 3.48. The molecule has 1 aliphatic carbocycles. The van der Waals surface area contributed by atoms with Crippen molar-refractivity contribution in [2.24, 2.45) is 0 Å². The molecule has 0 aliphatic heterocycles. The highest BCUT2D eigenvalue weighted by atomic mass is 35.5. The summed E-state index contributed by atoms with van der Waals surface area (Å²) < 4.78 is 10.8. The third kappa shape index (κ3) is 3.70. The Morgan fingerprint density at radius 2 is 2.07 bits per heavy atom. The number of ether oxygens (including phenoxy) is 2. The van der Waals surface area contributed by atoms with Gasteiger partial charge in [0, 0.05) is 34.1 Å². The molecule has 1 heterocycles. The fraction of sp³-hybridized carbons (Fsp3) is 0.250. The molecular weight excluding hydrogens is 387 g/mol. The van der Waals surface area contributed by atoms with Crippen LogP contribution >= 0.6 is 23.2 Å². The fourth-order valence-corrected chi connectivity index (χ4v) is 3.95. The van der Waals surface area contributed by atoms with Crippen molar-refractivity contribution in [1.29, 1.82) is 0 Å². The lowest BCUT2D eigenvalue weighted by atomic mass is 10.1. The minimum Gasteiger partial charge on any atom is -0.497 e. The van der Waals surface area contributed by atoms with Crippen molar-refractivity contribution < 1.29 is 14.3 Å². The number of hydrogen-bond donors (Lipinski definition) is 2. The van der Waals surface area contributed by atoms with Gasteiger partial charge >= 0.3 is 0 Å². The van der Waals surface area contributed by atoms with Gasteiger partial charge in [-0.3, -0.25) is 4.79 Å². The highest BCUT2D eigenvalue weighted by Gasteiger charge is 2.27. The second-order valence-electron chi connectivity index (χ2n) is 6.53. The Morgan fingerprint density at radius 1 is 1.22 bits per heavy atom. The molecule has 1 aromatic heterocycles. The number of aromatic amines is 1. The van der Waals surface area contributed by atoms with Gasteiger partial charge in [0.05, 0.1) is 12.1 Å². The first kappa shape index (κ1) is 18.0. The summed E-state index contributed by atoms with van der Waals surface area (Å²) in [6.45, 7) is -0.0969. The number of aromatic nitrogens is 1. The van der Waals surface area contributed by atoms with Crippen LogP contribution < -0.4 is 14.8 Å². The quantitative estimate of drug-likeness (QED) is 0.671. The van der Waals surface area contributed by atoms with Gasteiger partial charge in [-0.1, -0.05) is 23.2 Å². The second-order valence-corrected chi connectivity index (χ2v) is 7.37. The topological polar surface area (TPSA) is 63.3 Å². The van der Waals surface area contributed by atoms with Crippen LogP contribution in [0.2, 0.25) is 10.0 Å². The van der Waals surface area contributed by atoms with E-state index in [1.165, 1.54) is 5.56 Å². The smallest absolute Gasteiger partial charge is 0.258 e. The number of methoxy groups -OCH3 is 1. The molecule has 7 heteroatoms. The Labute approximate surface area is 166 Å². The summed E-state index contributed by atoms with van der Waals surface area (Å²) in [5.74, 6) is 1.08. The van der Waals surface area contributed by atoms with Crippen LogP contribution in [0.5, 0.6) is 11.5 Å². The van der Waals surface area contributed by atoms with Gasteiger partial charge in [-0.2, -0.15) is 0 Å². The highest BCUT2D eigenvalue weighted by molar-refractivity contribution is 6.35. The summed E-state index contributed by atoms with van der Waals surface area (Å²) in [6.07, 6.45) is 1.54.